The number of carbonyl (C=O) groups excluding carboxylic acids is 1. The summed E-state index contributed by atoms with van der Waals surface area (Å²) in [6.07, 6.45) is 6.84. The van der Waals surface area contributed by atoms with Crippen LogP contribution in [0.25, 0.3) is 38.3 Å². The van der Waals surface area contributed by atoms with Crippen LogP contribution in [0.15, 0.2) is 73.6 Å². The van der Waals surface area contributed by atoms with Gasteiger partial charge in [-0.2, -0.15) is 0 Å². The van der Waals surface area contributed by atoms with Crippen molar-refractivity contribution in [2.75, 3.05) is 5.32 Å². The quantitative estimate of drug-likeness (QED) is 0.421. The normalized spacial score (nSPS) is 10.4. The summed E-state index contributed by atoms with van der Waals surface area (Å²) >= 11 is 0. The smallest absolute Gasteiger partial charge is 0.254 e. The van der Waals surface area contributed by atoms with Crippen LogP contribution in [0.2, 0.25) is 0 Å². The zero-order valence-corrected chi connectivity index (χ0v) is 14.7. The highest BCUT2D eigenvalue weighted by Crippen LogP contribution is 2.30. The molecule has 3 heterocycles. The third-order valence-corrected chi connectivity index (χ3v) is 4.24. The minimum absolute atomic E-state index is 0.157. The van der Waals surface area contributed by atoms with Gasteiger partial charge in [0.2, 0.25) is 5.70 Å². The molecule has 28 heavy (non-hydrogen) atoms. The highest BCUT2D eigenvalue weighted by atomic mass is 16.2. The van der Waals surface area contributed by atoms with Gasteiger partial charge in [0, 0.05) is 40.8 Å². The Morgan fingerprint density at radius 2 is 2.07 bits per heavy atom. The standard InChI is InChI=1S/C21H14N6O/c1-13(22-2)21(28)27-16-5-3-4-14(8-16)15-9-17-18(11-25-20(17)24-10-15)19-6-7-23-12-26-19/h3-12H,1H2,(H,24,25)(H,27,28). The van der Waals surface area contributed by atoms with Gasteiger partial charge in [-0.15, -0.1) is 0 Å². The first kappa shape index (κ1) is 17.1. The third kappa shape index (κ3) is 3.22. The second-order valence-corrected chi connectivity index (χ2v) is 6.01. The molecule has 0 saturated heterocycles. The lowest BCUT2D eigenvalue weighted by atomic mass is 10.0. The molecule has 0 saturated carbocycles. The Bertz CT molecular complexity index is 1240. The Morgan fingerprint density at radius 1 is 1.18 bits per heavy atom. The van der Waals surface area contributed by atoms with E-state index in [-0.39, 0.29) is 5.70 Å². The van der Waals surface area contributed by atoms with Crippen LogP contribution >= 0.6 is 0 Å². The van der Waals surface area contributed by atoms with Gasteiger partial charge in [0.25, 0.3) is 5.91 Å². The van der Waals surface area contributed by atoms with Crippen LogP contribution in [0, 0.1) is 6.57 Å². The first-order valence-corrected chi connectivity index (χ1v) is 8.37. The minimum Gasteiger partial charge on any atom is -0.345 e. The number of fused-ring (bicyclic) bond motifs is 1. The summed E-state index contributed by atoms with van der Waals surface area (Å²) in [6.45, 7) is 10.3. The van der Waals surface area contributed by atoms with Gasteiger partial charge in [0.1, 0.15) is 12.0 Å². The lowest BCUT2D eigenvalue weighted by molar-refractivity contribution is -0.112. The predicted molar refractivity (Wildman–Crippen MR) is 107 cm³/mol. The molecule has 0 atom stereocenters. The van der Waals surface area contributed by atoms with E-state index in [1.807, 2.05) is 36.5 Å². The Morgan fingerprint density at radius 3 is 2.86 bits per heavy atom. The molecule has 0 aliphatic carbocycles. The van der Waals surface area contributed by atoms with Gasteiger partial charge < -0.3 is 10.3 Å². The van der Waals surface area contributed by atoms with E-state index in [4.69, 9.17) is 6.57 Å². The topological polar surface area (TPSA) is 87.9 Å². The van der Waals surface area contributed by atoms with E-state index in [9.17, 15) is 4.79 Å². The maximum absolute atomic E-state index is 11.9. The number of hydrogen-bond donors (Lipinski definition) is 2. The van der Waals surface area contributed by atoms with Crippen LogP contribution in [0.5, 0.6) is 0 Å². The van der Waals surface area contributed by atoms with Crippen molar-refractivity contribution in [3.63, 3.8) is 0 Å². The third-order valence-electron chi connectivity index (χ3n) is 4.24. The van der Waals surface area contributed by atoms with Crippen LogP contribution < -0.4 is 5.32 Å². The van der Waals surface area contributed by atoms with Crippen molar-refractivity contribution in [3.8, 4) is 22.4 Å². The monoisotopic (exact) mass is 366 g/mol. The van der Waals surface area contributed by atoms with Gasteiger partial charge in [-0.25, -0.2) is 19.8 Å². The Labute approximate surface area is 160 Å². The number of anilines is 1. The van der Waals surface area contributed by atoms with E-state index in [1.54, 1.807) is 18.5 Å². The molecule has 4 aromatic rings. The number of H-pyrrole nitrogens is 1. The summed E-state index contributed by atoms with van der Waals surface area (Å²) in [5, 5.41) is 3.61. The fourth-order valence-corrected chi connectivity index (χ4v) is 2.85. The number of carbonyl (C=O) groups is 1. The number of benzene rings is 1. The van der Waals surface area contributed by atoms with E-state index in [2.05, 4.69) is 36.7 Å². The van der Waals surface area contributed by atoms with E-state index in [1.165, 1.54) is 6.33 Å². The zero-order valence-electron chi connectivity index (χ0n) is 14.7. The van der Waals surface area contributed by atoms with Gasteiger partial charge >= 0.3 is 0 Å². The molecular weight excluding hydrogens is 352 g/mol. The van der Waals surface area contributed by atoms with Gasteiger partial charge in [-0.05, 0) is 29.8 Å². The van der Waals surface area contributed by atoms with E-state index in [0.717, 1.165) is 33.4 Å². The van der Waals surface area contributed by atoms with E-state index >= 15 is 0 Å². The Balaban J connectivity index is 1.72. The van der Waals surface area contributed by atoms with Crippen molar-refractivity contribution in [1.82, 2.24) is 19.9 Å². The van der Waals surface area contributed by atoms with Crippen LogP contribution in [0.3, 0.4) is 0 Å². The molecule has 0 aliphatic rings. The van der Waals surface area contributed by atoms with Crippen molar-refractivity contribution in [3.05, 3.63) is 85.0 Å². The molecule has 3 aromatic heterocycles. The number of aromatic nitrogens is 4. The maximum atomic E-state index is 11.9. The molecule has 0 aliphatic heterocycles. The molecule has 7 heteroatoms. The van der Waals surface area contributed by atoms with Gasteiger partial charge in [0.15, 0.2) is 0 Å². The van der Waals surface area contributed by atoms with Crippen molar-refractivity contribution in [2.45, 2.75) is 0 Å². The lowest BCUT2D eigenvalue weighted by Crippen LogP contribution is -2.11. The summed E-state index contributed by atoms with van der Waals surface area (Å²) in [5.41, 5.74) is 4.70. The molecule has 2 N–H and O–H groups in total. The van der Waals surface area contributed by atoms with E-state index in [0.29, 0.717) is 5.69 Å². The summed E-state index contributed by atoms with van der Waals surface area (Å²) in [5.74, 6) is -0.516. The molecule has 0 fully saturated rings. The number of aromatic amines is 1. The number of nitrogens with zero attached hydrogens (tertiary/aromatic N) is 4. The molecule has 0 bridgehead atoms. The van der Waals surface area contributed by atoms with Crippen molar-refractivity contribution < 1.29 is 4.79 Å². The van der Waals surface area contributed by atoms with Gasteiger partial charge in [0.05, 0.1) is 12.3 Å². The lowest BCUT2D eigenvalue weighted by Gasteiger charge is -2.07. The number of pyridine rings is 1. The maximum Gasteiger partial charge on any atom is 0.254 e. The SMILES string of the molecule is [C-]#[N+]C(=C)C(=O)Nc1cccc(-c2cnc3[nH]cc(-c4ccncn4)c3c2)c1. The average Bonchev–Trinajstić information content (AvgIpc) is 3.17. The van der Waals surface area contributed by atoms with Crippen molar-refractivity contribution in [2.24, 2.45) is 0 Å². The summed E-state index contributed by atoms with van der Waals surface area (Å²) in [7, 11) is 0. The van der Waals surface area contributed by atoms with Gasteiger partial charge in [-0.1, -0.05) is 18.7 Å². The molecule has 1 aromatic carbocycles. The molecule has 0 radical (unpaired) electrons. The van der Waals surface area contributed by atoms with Crippen LogP contribution in [-0.2, 0) is 4.79 Å². The number of rotatable bonds is 4. The highest BCUT2D eigenvalue weighted by molar-refractivity contribution is 6.04. The molecule has 134 valence electrons. The first-order chi connectivity index (χ1) is 13.7. The second kappa shape index (κ2) is 7.13. The van der Waals surface area contributed by atoms with Crippen LogP contribution in [0.4, 0.5) is 5.69 Å². The molecule has 1 amide bonds. The van der Waals surface area contributed by atoms with Crippen molar-refractivity contribution >= 4 is 22.6 Å². The summed E-state index contributed by atoms with van der Waals surface area (Å²) in [4.78, 5) is 30.8. The number of amides is 1. The molecular formula is C21H14N6O. The summed E-state index contributed by atoms with van der Waals surface area (Å²) in [6, 6.07) is 11.2. The predicted octanol–water partition coefficient (Wildman–Crippen LogP) is 4.06. The summed E-state index contributed by atoms with van der Waals surface area (Å²) < 4.78 is 0. The van der Waals surface area contributed by atoms with Crippen molar-refractivity contribution in [1.29, 1.82) is 0 Å². The number of nitrogens with one attached hydrogen (secondary N) is 2. The van der Waals surface area contributed by atoms with Crippen LogP contribution in [-0.4, -0.2) is 25.8 Å². The second-order valence-electron chi connectivity index (χ2n) is 6.01. The van der Waals surface area contributed by atoms with Gasteiger partial charge in [-0.3, -0.25) is 4.79 Å². The highest BCUT2D eigenvalue weighted by Gasteiger charge is 2.11. The van der Waals surface area contributed by atoms with Crippen LogP contribution in [0.1, 0.15) is 0 Å². The number of hydrogen-bond acceptors (Lipinski definition) is 4. The zero-order chi connectivity index (χ0) is 19.5. The Kier molecular flexibility index (Phi) is 4.36. The largest absolute Gasteiger partial charge is 0.345 e. The fourth-order valence-electron chi connectivity index (χ4n) is 2.85. The minimum atomic E-state index is -0.516. The first-order valence-electron chi connectivity index (χ1n) is 8.37. The average molecular weight is 366 g/mol. The molecule has 7 nitrogen and oxygen atoms in total. The van der Waals surface area contributed by atoms with E-state index < -0.39 is 5.91 Å². The molecule has 4 rings (SSSR count). The molecule has 0 spiro atoms. The Hall–Kier alpha value is -4.31. The molecule has 0 unspecified atom stereocenters. The fraction of sp³-hybridized carbons (Fsp3) is 0.